The summed E-state index contributed by atoms with van der Waals surface area (Å²) in [5.74, 6) is -5.62. The van der Waals surface area contributed by atoms with E-state index in [0.29, 0.717) is 12.3 Å². The van der Waals surface area contributed by atoms with Gasteiger partial charge in [0, 0.05) is 17.9 Å². The Hall–Kier alpha value is -3.13. The highest BCUT2D eigenvalue weighted by Crippen LogP contribution is 2.54. The third-order valence-corrected chi connectivity index (χ3v) is 7.00. The van der Waals surface area contributed by atoms with Gasteiger partial charge in [-0.1, -0.05) is 6.07 Å². The molecular weight excluding hydrogens is 390 g/mol. The molecule has 2 fully saturated rings. The Kier molecular flexibility index (Phi) is 3.74. The van der Waals surface area contributed by atoms with Crippen LogP contribution in [-0.4, -0.2) is 43.5 Å². The molecule has 1 aromatic rings. The molecule has 1 aromatic carbocycles. The molecule has 156 valence electrons. The number of nitrogens with two attached hydrogens (primary N) is 1. The molecule has 3 unspecified atom stereocenters. The first kappa shape index (κ1) is 18.9. The van der Waals surface area contributed by atoms with Gasteiger partial charge < -0.3 is 26.2 Å². The normalized spacial score (nSPS) is 30.7. The van der Waals surface area contributed by atoms with Crippen molar-refractivity contribution in [1.82, 2.24) is 0 Å². The van der Waals surface area contributed by atoms with Gasteiger partial charge in [0.15, 0.2) is 11.4 Å². The number of Topliss-reactive ketones (excluding diaryl/α,β-unsaturated/α-hetero) is 2. The van der Waals surface area contributed by atoms with Crippen molar-refractivity contribution in [2.24, 2.45) is 17.6 Å². The van der Waals surface area contributed by atoms with E-state index in [1.807, 2.05) is 6.07 Å². The van der Waals surface area contributed by atoms with Gasteiger partial charge in [0.05, 0.1) is 5.56 Å². The molecule has 4 aliphatic rings. The average molecular weight is 411 g/mol. The number of aromatic hydroxyl groups is 1. The third kappa shape index (κ3) is 2.28. The second-order valence-electron chi connectivity index (χ2n) is 8.71. The molecule has 30 heavy (non-hydrogen) atoms. The lowest BCUT2D eigenvalue weighted by molar-refractivity contribution is -0.147. The number of hydrogen-bond donors (Lipinski definition) is 5. The molecule has 4 aliphatic carbocycles. The van der Waals surface area contributed by atoms with Crippen molar-refractivity contribution in [1.29, 1.82) is 0 Å². The van der Waals surface area contributed by atoms with E-state index in [9.17, 15) is 34.8 Å². The molecular formula is C22H21NO7. The zero-order chi connectivity index (χ0) is 21.5. The molecule has 3 atom stereocenters. The van der Waals surface area contributed by atoms with Gasteiger partial charge in [0.2, 0.25) is 5.78 Å². The van der Waals surface area contributed by atoms with Crippen molar-refractivity contribution in [3.8, 4) is 5.75 Å². The Morgan fingerprint density at radius 1 is 1.07 bits per heavy atom. The van der Waals surface area contributed by atoms with E-state index in [-0.39, 0.29) is 29.7 Å². The van der Waals surface area contributed by atoms with Crippen molar-refractivity contribution in [2.45, 2.75) is 43.6 Å². The van der Waals surface area contributed by atoms with Crippen LogP contribution in [-0.2, 0) is 20.8 Å². The number of amides is 1. The maximum Gasteiger partial charge on any atom is 0.255 e. The molecule has 5 rings (SSSR count). The highest BCUT2D eigenvalue weighted by molar-refractivity contribution is 6.22. The van der Waals surface area contributed by atoms with Gasteiger partial charge in [-0.25, -0.2) is 0 Å². The standard InChI is InChI=1S/C22H21NO7/c23-21(29)17-14(25)7-10-5-9-6-12-11(8-1-2-8)3-4-13(24)16(12)18(26)15(9)19(27)22(10,30)20(17)28/h3-4,8-10,24,26,28,30H,1-2,5-7H2,(H2,23,29). The minimum atomic E-state index is -2.51. The molecule has 2 saturated carbocycles. The number of aliphatic hydroxyl groups excluding tert-OH is 2. The van der Waals surface area contributed by atoms with E-state index in [1.165, 1.54) is 6.07 Å². The summed E-state index contributed by atoms with van der Waals surface area (Å²) in [5.41, 5.74) is 3.75. The summed E-state index contributed by atoms with van der Waals surface area (Å²) in [6, 6.07) is 3.32. The number of rotatable bonds is 2. The number of carbonyl (C=O) groups excluding carboxylic acids is 3. The van der Waals surface area contributed by atoms with Gasteiger partial charge in [-0.3, -0.25) is 14.4 Å². The van der Waals surface area contributed by atoms with Crippen molar-refractivity contribution < 1.29 is 34.8 Å². The van der Waals surface area contributed by atoms with Crippen LogP contribution < -0.4 is 5.73 Å². The van der Waals surface area contributed by atoms with Gasteiger partial charge in [-0.05, 0) is 54.7 Å². The zero-order valence-corrected chi connectivity index (χ0v) is 16.0. The second-order valence-corrected chi connectivity index (χ2v) is 8.71. The number of benzene rings is 1. The second kappa shape index (κ2) is 5.95. The summed E-state index contributed by atoms with van der Waals surface area (Å²) >= 11 is 0. The Labute approximate surface area is 171 Å². The minimum absolute atomic E-state index is 0.103. The molecule has 0 aliphatic heterocycles. The number of fused-ring (bicyclic) bond motifs is 3. The Morgan fingerprint density at radius 2 is 1.77 bits per heavy atom. The fraction of sp³-hybridized carbons (Fsp3) is 0.409. The maximum absolute atomic E-state index is 13.4. The van der Waals surface area contributed by atoms with Crippen LogP contribution in [0.25, 0.3) is 5.76 Å². The first-order valence-corrected chi connectivity index (χ1v) is 9.98. The average Bonchev–Trinajstić information content (AvgIpc) is 3.49. The highest BCUT2D eigenvalue weighted by Gasteiger charge is 2.60. The zero-order valence-electron chi connectivity index (χ0n) is 16.0. The lowest BCUT2D eigenvalue weighted by atomic mass is 9.59. The monoisotopic (exact) mass is 411 g/mol. The van der Waals surface area contributed by atoms with Gasteiger partial charge in [-0.2, -0.15) is 0 Å². The number of hydrogen-bond acceptors (Lipinski definition) is 7. The molecule has 8 nitrogen and oxygen atoms in total. The fourth-order valence-electron chi connectivity index (χ4n) is 5.42. The topological polar surface area (TPSA) is 158 Å². The summed E-state index contributed by atoms with van der Waals surface area (Å²) < 4.78 is 0. The largest absolute Gasteiger partial charge is 0.508 e. The van der Waals surface area contributed by atoms with Gasteiger partial charge >= 0.3 is 0 Å². The first-order chi connectivity index (χ1) is 14.2. The lowest BCUT2D eigenvalue weighted by Crippen LogP contribution is -2.58. The maximum atomic E-state index is 13.4. The van der Waals surface area contributed by atoms with Crippen LogP contribution >= 0.6 is 0 Å². The number of phenols is 1. The number of primary amides is 1. The number of aliphatic hydroxyl groups is 3. The summed E-state index contributed by atoms with van der Waals surface area (Å²) in [5, 5.41) is 43.1. The molecule has 0 heterocycles. The van der Waals surface area contributed by atoms with Crippen molar-refractivity contribution in [3.63, 3.8) is 0 Å². The molecule has 0 saturated heterocycles. The molecule has 0 aromatic heterocycles. The van der Waals surface area contributed by atoms with E-state index in [0.717, 1.165) is 24.0 Å². The van der Waals surface area contributed by atoms with E-state index in [4.69, 9.17) is 5.73 Å². The van der Waals surface area contributed by atoms with E-state index in [1.54, 1.807) is 0 Å². The first-order valence-electron chi connectivity index (χ1n) is 9.98. The van der Waals surface area contributed by atoms with E-state index >= 15 is 0 Å². The predicted molar refractivity (Wildman–Crippen MR) is 103 cm³/mol. The number of phenolic OH excluding ortho intramolecular Hbond substituents is 1. The van der Waals surface area contributed by atoms with Gasteiger partial charge in [-0.15, -0.1) is 0 Å². The van der Waals surface area contributed by atoms with Crippen molar-refractivity contribution in [3.05, 3.63) is 45.7 Å². The number of ketones is 2. The molecule has 1 amide bonds. The summed E-state index contributed by atoms with van der Waals surface area (Å²) in [6.07, 6.45) is 2.25. The van der Waals surface area contributed by atoms with Gasteiger partial charge in [0.25, 0.3) is 5.91 Å². The van der Waals surface area contributed by atoms with Crippen LogP contribution in [0.4, 0.5) is 0 Å². The predicted octanol–water partition coefficient (Wildman–Crippen LogP) is 1.30. The molecule has 0 spiro atoms. The quantitative estimate of drug-likeness (QED) is 0.459. The van der Waals surface area contributed by atoms with Crippen LogP contribution in [0.15, 0.2) is 29.0 Å². The third-order valence-electron chi connectivity index (χ3n) is 7.00. The Balaban J connectivity index is 1.71. The molecule has 6 N–H and O–H groups in total. The van der Waals surface area contributed by atoms with Crippen LogP contribution in [0.3, 0.4) is 0 Å². The molecule has 0 bridgehead atoms. The van der Waals surface area contributed by atoms with Gasteiger partial charge in [0.1, 0.15) is 22.8 Å². The van der Waals surface area contributed by atoms with E-state index in [2.05, 4.69) is 0 Å². The lowest BCUT2D eigenvalue weighted by Gasteiger charge is -2.46. The Morgan fingerprint density at radius 3 is 2.40 bits per heavy atom. The van der Waals surface area contributed by atoms with Crippen molar-refractivity contribution in [2.75, 3.05) is 0 Å². The smallest absolute Gasteiger partial charge is 0.255 e. The molecule has 8 heteroatoms. The number of carbonyl (C=O) groups is 3. The van der Waals surface area contributed by atoms with Crippen molar-refractivity contribution >= 4 is 23.2 Å². The fourth-order valence-corrected chi connectivity index (χ4v) is 5.42. The summed E-state index contributed by atoms with van der Waals surface area (Å²) in [7, 11) is 0. The summed E-state index contributed by atoms with van der Waals surface area (Å²) in [6.45, 7) is 0. The van der Waals surface area contributed by atoms with Crippen LogP contribution in [0, 0.1) is 11.8 Å². The highest BCUT2D eigenvalue weighted by atomic mass is 16.3. The molecule has 0 radical (unpaired) electrons. The SMILES string of the molecule is NC(=O)C1=C(O)C2(O)C(=O)C3=C(O)c4c(O)ccc(C5CC5)c4CC3CC2CC1=O. The van der Waals surface area contributed by atoms with Crippen LogP contribution in [0.5, 0.6) is 5.75 Å². The van der Waals surface area contributed by atoms with Crippen LogP contribution in [0.2, 0.25) is 0 Å². The summed E-state index contributed by atoms with van der Waals surface area (Å²) in [4.78, 5) is 37.3. The Bertz CT molecular complexity index is 1110. The minimum Gasteiger partial charge on any atom is -0.508 e. The van der Waals surface area contributed by atoms with E-state index < -0.39 is 52.0 Å². The van der Waals surface area contributed by atoms with Crippen LogP contribution in [0.1, 0.15) is 48.3 Å².